The molecule has 2 saturated heterocycles. The van der Waals surface area contributed by atoms with Crippen LogP contribution < -0.4 is 10.2 Å². The Morgan fingerprint density at radius 2 is 1.91 bits per heavy atom. The van der Waals surface area contributed by atoms with Gasteiger partial charge < -0.3 is 15.0 Å². The van der Waals surface area contributed by atoms with Crippen molar-refractivity contribution in [1.29, 1.82) is 0 Å². The van der Waals surface area contributed by atoms with Crippen LogP contribution in [0.5, 0.6) is 0 Å². The highest BCUT2D eigenvalue weighted by atomic mass is 35.5. The van der Waals surface area contributed by atoms with Crippen molar-refractivity contribution in [2.75, 3.05) is 49.6 Å². The van der Waals surface area contributed by atoms with Gasteiger partial charge in [-0.05, 0) is 37.8 Å². The second-order valence-corrected chi connectivity index (χ2v) is 10.4. The Labute approximate surface area is 202 Å². The second-order valence-electron chi connectivity index (χ2n) is 9.62. The van der Waals surface area contributed by atoms with Crippen molar-refractivity contribution >= 4 is 51.4 Å². The van der Waals surface area contributed by atoms with E-state index in [0.29, 0.717) is 17.0 Å². The van der Waals surface area contributed by atoms with Gasteiger partial charge in [-0.15, -0.1) is 0 Å². The first-order chi connectivity index (χ1) is 16.0. The molecule has 8 nitrogen and oxygen atoms in total. The average molecular weight is 488 g/mol. The Kier molecular flexibility index (Phi) is 5.36. The number of nitrogens with one attached hydrogen (secondary N) is 1. The Morgan fingerprint density at radius 1 is 1.12 bits per heavy atom. The SMILES string of the molecule is CC1(N2CCN(c3cc4nc(Nc5cnn(CC6CC6)c5Cl)ncc4cc3Cl)CC2)COC1. The van der Waals surface area contributed by atoms with Crippen LogP contribution in [0.25, 0.3) is 10.9 Å². The summed E-state index contributed by atoms with van der Waals surface area (Å²) in [5.41, 5.74) is 2.75. The summed E-state index contributed by atoms with van der Waals surface area (Å²) in [7, 11) is 0. The van der Waals surface area contributed by atoms with Crippen LogP contribution in [0.4, 0.5) is 17.3 Å². The molecule has 0 unspecified atom stereocenters. The number of aromatic nitrogens is 4. The van der Waals surface area contributed by atoms with Crippen molar-refractivity contribution in [1.82, 2.24) is 24.6 Å². The highest BCUT2D eigenvalue weighted by molar-refractivity contribution is 6.34. The zero-order valence-electron chi connectivity index (χ0n) is 18.6. The summed E-state index contributed by atoms with van der Waals surface area (Å²) in [5, 5.41) is 9.85. The van der Waals surface area contributed by atoms with Gasteiger partial charge in [-0.3, -0.25) is 9.58 Å². The van der Waals surface area contributed by atoms with Gasteiger partial charge in [-0.2, -0.15) is 5.10 Å². The summed E-state index contributed by atoms with van der Waals surface area (Å²) in [6, 6.07) is 4.01. The van der Waals surface area contributed by atoms with Gasteiger partial charge in [0.2, 0.25) is 5.95 Å². The number of fused-ring (bicyclic) bond motifs is 1. The number of hydrogen-bond donors (Lipinski definition) is 1. The molecule has 1 saturated carbocycles. The number of halogens is 2. The van der Waals surface area contributed by atoms with E-state index in [2.05, 4.69) is 38.2 Å². The smallest absolute Gasteiger partial charge is 0.227 e. The zero-order chi connectivity index (χ0) is 22.6. The first-order valence-corrected chi connectivity index (χ1v) is 12.3. The largest absolute Gasteiger partial charge is 0.377 e. The molecule has 2 aromatic heterocycles. The molecule has 3 aliphatic rings. The van der Waals surface area contributed by atoms with Crippen LogP contribution in [0, 0.1) is 5.92 Å². The highest BCUT2D eigenvalue weighted by Crippen LogP contribution is 2.35. The van der Waals surface area contributed by atoms with E-state index >= 15 is 0 Å². The van der Waals surface area contributed by atoms with E-state index in [1.807, 2.05) is 10.7 Å². The molecular weight excluding hydrogens is 461 g/mol. The van der Waals surface area contributed by atoms with Crippen molar-refractivity contribution in [2.24, 2.45) is 5.92 Å². The number of benzene rings is 1. The molecule has 0 bridgehead atoms. The van der Waals surface area contributed by atoms with Gasteiger partial charge in [0, 0.05) is 44.3 Å². The topological polar surface area (TPSA) is 71.3 Å². The number of piperazine rings is 1. The van der Waals surface area contributed by atoms with Crippen molar-refractivity contribution < 1.29 is 4.74 Å². The van der Waals surface area contributed by atoms with Crippen molar-refractivity contribution in [2.45, 2.75) is 31.8 Å². The standard InChI is InChI=1S/C23H27Cl2N7O/c1-23(13-33-14-23)31-6-4-30(5-7-31)20-9-18-16(8-17(20)24)10-26-22(28-18)29-19-11-27-32(21(19)25)12-15-2-3-15/h8-11,15H,2-7,12-14H2,1H3,(H,26,28,29). The van der Waals surface area contributed by atoms with E-state index in [4.69, 9.17) is 32.9 Å². The van der Waals surface area contributed by atoms with E-state index in [1.165, 1.54) is 12.8 Å². The third-order valence-electron chi connectivity index (χ3n) is 7.01. The van der Waals surface area contributed by atoms with Gasteiger partial charge in [0.05, 0.1) is 46.9 Å². The summed E-state index contributed by atoms with van der Waals surface area (Å²) >= 11 is 13.2. The molecule has 3 fully saturated rings. The van der Waals surface area contributed by atoms with Gasteiger partial charge in [0.25, 0.3) is 0 Å². The molecule has 4 heterocycles. The minimum Gasteiger partial charge on any atom is -0.377 e. The monoisotopic (exact) mass is 487 g/mol. The number of ether oxygens (including phenoxy) is 1. The quantitative estimate of drug-likeness (QED) is 0.558. The molecule has 1 aromatic carbocycles. The van der Waals surface area contributed by atoms with Gasteiger partial charge in [-0.25, -0.2) is 9.97 Å². The van der Waals surface area contributed by atoms with E-state index in [9.17, 15) is 0 Å². The van der Waals surface area contributed by atoms with Crippen LogP contribution in [-0.4, -0.2) is 69.6 Å². The fraction of sp³-hybridized carbons (Fsp3) is 0.522. The van der Waals surface area contributed by atoms with Crippen LogP contribution >= 0.6 is 23.2 Å². The lowest BCUT2D eigenvalue weighted by Gasteiger charge is -2.50. The number of nitrogens with zero attached hydrogens (tertiary/aromatic N) is 6. The van der Waals surface area contributed by atoms with E-state index in [0.717, 1.165) is 73.2 Å². The minimum absolute atomic E-state index is 0.181. The molecule has 3 aromatic rings. The average Bonchev–Trinajstić information content (AvgIpc) is 3.56. The third-order valence-corrected chi connectivity index (χ3v) is 7.71. The maximum absolute atomic E-state index is 6.67. The predicted octanol–water partition coefficient (Wildman–Crippen LogP) is 4.20. The van der Waals surface area contributed by atoms with Crippen molar-refractivity contribution in [3.8, 4) is 0 Å². The minimum atomic E-state index is 0.181. The molecule has 0 atom stereocenters. The van der Waals surface area contributed by atoms with Crippen LogP contribution in [0.3, 0.4) is 0 Å². The lowest BCUT2D eigenvalue weighted by Crippen LogP contribution is -2.64. The first kappa shape index (κ1) is 21.4. The summed E-state index contributed by atoms with van der Waals surface area (Å²) in [5.74, 6) is 1.19. The van der Waals surface area contributed by atoms with Gasteiger partial charge in [0.1, 0.15) is 0 Å². The fourth-order valence-corrected chi connectivity index (χ4v) is 5.16. The summed E-state index contributed by atoms with van der Waals surface area (Å²) in [6.07, 6.45) is 6.03. The lowest BCUT2D eigenvalue weighted by molar-refractivity contribution is -0.131. The van der Waals surface area contributed by atoms with Crippen LogP contribution in [0.2, 0.25) is 10.2 Å². The second kappa shape index (κ2) is 8.27. The zero-order valence-corrected chi connectivity index (χ0v) is 20.1. The van der Waals surface area contributed by atoms with E-state index in [1.54, 1.807) is 12.4 Å². The Morgan fingerprint density at radius 3 is 2.61 bits per heavy atom. The fourth-order valence-electron chi connectivity index (χ4n) is 4.66. The van der Waals surface area contributed by atoms with E-state index < -0.39 is 0 Å². The molecule has 1 N–H and O–H groups in total. The normalized spacial score (nSPS) is 20.8. The summed E-state index contributed by atoms with van der Waals surface area (Å²) in [4.78, 5) is 14.1. The maximum Gasteiger partial charge on any atom is 0.227 e. The molecule has 10 heteroatoms. The van der Waals surface area contributed by atoms with Gasteiger partial charge in [-0.1, -0.05) is 23.2 Å². The van der Waals surface area contributed by atoms with Crippen LogP contribution in [0.15, 0.2) is 24.5 Å². The predicted molar refractivity (Wildman–Crippen MR) is 131 cm³/mol. The van der Waals surface area contributed by atoms with Gasteiger partial charge in [0.15, 0.2) is 5.15 Å². The van der Waals surface area contributed by atoms with Crippen LogP contribution in [0.1, 0.15) is 19.8 Å². The number of rotatable bonds is 6. The first-order valence-electron chi connectivity index (χ1n) is 11.5. The molecule has 0 spiro atoms. The Bertz CT molecular complexity index is 1180. The molecule has 33 heavy (non-hydrogen) atoms. The lowest BCUT2D eigenvalue weighted by atomic mass is 9.97. The van der Waals surface area contributed by atoms with E-state index in [-0.39, 0.29) is 5.54 Å². The molecule has 174 valence electrons. The molecule has 6 rings (SSSR count). The highest BCUT2D eigenvalue weighted by Gasteiger charge is 2.40. The number of hydrogen-bond acceptors (Lipinski definition) is 7. The summed E-state index contributed by atoms with van der Waals surface area (Å²) < 4.78 is 7.29. The van der Waals surface area contributed by atoms with Crippen molar-refractivity contribution in [3.05, 3.63) is 34.7 Å². The Hall–Kier alpha value is -2.13. The van der Waals surface area contributed by atoms with Crippen molar-refractivity contribution in [3.63, 3.8) is 0 Å². The van der Waals surface area contributed by atoms with Crippen LogP contribution in [-0.2, 0) is 11.3 Å². The molecule has 2 aliphatic heterocycles. The molecular formula is C23H27Cl2N7O. The molecule has 0 radical (unpaired) electrons. The van der Waals surface area contributed by atoms with Gasteiger partial charge >= 0.3 is 0 Å². The molecule has 1 aliphatic carbocycles. The maximum atomic E-state index is 6.67. The Balaban J connectivity index is 1.20. The molecule has 0 amide bonds. The summed E-state index contributed by atoms with van der Waals surface area (Å²) in [6.45, 7) is 8.62. The number of anilines is 3. The third kappa shape index (κ3) is 4.14.